The number of aliphatic carboxylic acids is 1. The SMILES string of the molecule is CCOC1CC(N(C)CCS(=O)(=O)CC(=O)O)C12CCCCC2. The molecule has 6 nitrogen and oxygen atoms in total. The first kappa shape index (κ1) is 18.7. The van der Waals surface area contributed by atoms with Crippen molar-refractivity contribution in [3.8, 4) is 0 Å². The van der Waals surface area contributed by atoms with Gasteiger partial charge in [0.15, 0.2) is 9.84 Å². The summed E-state index contributed by atoms with van der Waals surface area (Å²) >= 11 is 0. The van der Waals surface area contributed by atoms with E-state index >= 15 is 0 Å². The van der Waals surface area contributed by atoms with E-state index in [1.165, 1.54) is 19.3 Å². The number of carbonyl (C=O) groups is 1. The van der Waals surface area contributed by atoms with Crippen LogP contribution in [-0.2, 0) is 19.4 Å². The Morgan fingerprint density at radius 2 is 1.96 bits per heavy atom. The zero-order valence-electron chi connectivity index (χ0n) is 14.2. The molecule has 2 aliphatic rings. The second-order valence-electron chi connectivity index (χ2n) is 6.96. The maximum Gasteiger partial charge on any atom is 0.318 e. The molecule has 23 heavy (non-hydrogen) atoms. The van der Waals surface area contributed by atoms with Crippen LogP contribution in [0.4, 0.5) is 0 Å². The van der Waals surface area contributed by atoms with Crippen LogP contribution >= 0.6 is 0 Å². The number of carboxylic acid groups (broad SMARTS) is 1. The molecule has 0 aromatic heterocycles. The normalized spacial score (nSPS) is 27.1. The molecular formula is C16H29NO5S. The number of rotatable bonds is 8. The Morgan fingerprint density at radius 3 is 2.52 bits per heavy atom. The molecule has 2 fully saturated rings. The highest BCUT2D eigenvalue weighted by atomic mass is 32.2. The Hall–Kier alpha value is -0.660. The summed E-state index contributed by atoms with van der Waals surface area (Å²) in [7, 11) is -1.57. The summed E-state index contributed by atoms with van der Waals surface area (Å²) in [6.07, 6.45) is 7.23. The van der Waals surface area contributed by atoms with Gasteiger partial charge in [-0.1, -0.05) is 19.3 Å². The molecule has 0 radical (unpaired) electrons. The van der Waals surface area contributed by atoms with Gasteiger partial charge < -0.3 is 14.7 Å². The topological polar surface area (TPSA) is 83.9 Å². The van der Waals surface area contributed by atoms with Crippen molar-refractivity contribution in [3.63, 3.8) is 0 Å². The predicted molar refractivity (Wildman–Crippen MR) is 88.3 cm³/mol. The summed E-state index contributed by atoms with van der Waals surface area (Å²) in [5, 5.41) is 8.66. The molecule has 2 unspecified atom stereocenters. The average Bonchev–Trinajstić information content (AvgIpc) is 2.48. The zero-order chi connectivity index (χ0) is 17.1. The fourth-order valence-corrected chi connectivity index (χ4v) is 5.43. The smallest absolute Gasteiger partial charge is 0.318 e. The molecule has 2 rings (SSSR count). The summed E-state index contributed by atoms with van der Waals surface area (Å²) in [4.78, 5) is 12.7. The maximum absolute atomic E-state index is 11.8. The third-order valence-electron chi connectivity index (χ3n) is 5.52. The van der Waals surface area contributed by atoms with Crippen molar-refractivity contribution in [2.24, 2.45) is 5.41 Å². The number of hydrogen-bond donors (Lipinski definition) is 1. The summed E-state index contributed by atoms with van der Waals surface area (Å²) in [5.74, 6) is -2.16. The minimum atomic E-state index is -3.53. The second kappa shape index (κ2) is 7.49. The number of ether oxygens (including phenoxy) is 1. The molecule has 2 saturated carbocycles. The third-order valence-corrected chi connectivity index (χ3v) is 7.02. The van der Waals surface area contributed by atoms with Gasteiger partial charge in [0.25, 0.3) is 0 Å². The van der Waals surface area contributed by atoms with Gasteiger partial charge in [-0.3, -0.25) is 4.79 Å². The van der Waals surface area contributed by atoms with Gasteiger partial charge in [0, 0.05) is 24.6 Å². The van der Waals surface area contributed by atoms with Gasteiger partial charge in [0.2, 0.25) is 0 Å². The van der Waals surface area contributed by atoms with Crippen molar-refractivity contribution in [2.75, 3.05) is 31.7 Å². The first-order valence-electron chi connectivity index (χ1n) is 8.55. The molecule has 134 valence electrons. The molecular weight excluding hydrogens is 318 g/mol. The highest BCUT2D eigenvalue weighted by molar-refractivity contribution is 7.92. The van der Waals surface area contributed by atoms with Crippen LogP contribution in [-0.4, -0.2) is 68.2 Å². The second-order valence-corrected chi connectivity index (χ2v) is 9.14. The first-order chi connectivity index (χ1) is 10.8. The molecule has 1 N–H and O–H groups in total. The third kappa shape index (κ3) is 4.25. The van der Waals surface area contributed by atoms with Gasteiger partial charge in [0.05, 0.1) is 11.9 Å². The van der Waals surface area contributed by atoms with Gasteiger partial charge in [0.1, 0.15) is 5.75 Å². The number of carboxylic acids is 1. The highest BCUT2D eigenvalue weighted by Gasteiger charge is 2.56. The van der Waals surface area contributed by atoms with Crippen LogP contribution in [0.2, 0.25) is 0 Å². The molecule has 2 aliphatic carbocycles. The van der Waals surface area contributed by atoms with Crippen LogP contribution in [0.15, 0.2) is 0 Å². The van der Waals surface area contributed by atoms with Crippen molar-refractivity contribution in [1.29, 1.82) is 0 Å². The Morgan fingerprint density at radius 1 is 1.30 bits per heavy atom. The Labute approximate surface area is 139 Å². The molecule has 1 spiro atoms. The molecule has 0 aliphatic heterocycles. The summed E-state index contributed by atoms with van der Waals surface area (Å²) < 4.78 is 29.5. The molecule has 0 saturated heterocycles. The lowest BCUT2D eigenvalue weighted by atomic mass is 9.54. The molecule has 0 heterocycles. The van der Waals surface area contributed by atoms with E-state index in [1.54, 1.807) is 0 Å². The van der Waals surface area contributed by atoms with Crippen LogP contribution < -0.4 is 0 Å². The lowest BCUT2D eigenvalue weighted by Crippen LogP contribution is -2.65. The van der Waals surface area contributed by atoms with E-state index in [1.807, 2.05) is 14.0 Å². The summed E-state index contributed by atoms with van der Waals surface area (Å²) in [5.41, 5.74) is 0.166. The minimum absolute atomic E-state index is 0.0956. The fourth-order valence-electron chi connectivity index (χ4n) is 4.34. The van der Waals surface area contributed by atoms with E-state index < -0.39 is 21.6 Å². The average molecular weight is 347 g/mol. The predicted octanol–water partition coefficient (Wildman–Crippen LogP) is 1.55. The summed E-state index contributed by atoms with van der Waals surface area (Å²) in [6.45, 7) is 3.13. The van der Waals surface area contributed by atoms with Crippen LogP contribution in [0.25, 0.3) is 0 Å². The van der Waals surface area contributed by atoms with Gasteiger partial charge in [-0.25, -0.2) is 8.42 Å². The van der Waals surface area contributed by atoms with E-state index in [4.69, 9.17) is 9.84 Å². The van der Waals surface area contributed by atoms with E-state index in [0.29, 0.717) is 12.6 Å². The minimum Gasteiger partial charge on any atom is -0.480 e. The molecule has 0 bridgehead atoms. The first-order valence-corrected chi connectivity index (χ1v) is 10.4. The van der Waals surface area contributed by atoms with Gasteiger partial charge in [-0.15, -0.1) is 0 Å². The fraction of sp³-hybridized carbons (Fsp3) is 0.938. The molecule has 0 aromatic carbocycles. The Kier molecular flexibility index (Phi) is 6.08. The van der Waals surface area contributed by atoms with E-state index in [0.717, 1.165) is 25.9 Å². The molecule has 0 aromatic rings. The van der Waals surface area contributed by atoms with E-state index in [-0.39, 0.29) is 17.3 Å². The summed E-state index contributed by atoms with van der Waals surface area (Å²) in [6, 6.07) is 0.347. The van der Waals surface area contributed by atoms with Crippen molar-refractivity contribution >= 4 is 15.8 Å². The Bertz CT molecular complexity index is 513. The van der Waals surface area contributed by atoms with Crippen LogP contribution in [0.5, 0.6) is 0 Å². The van der Waals surface area contributed by atoms with Crippen molar-refractivity contribution in [3.05, 3.63) is 0 Å². The van der Waals surface area contributed by atoms with Gasteiger partial charge >= 0.3 is 5.97 Å². The Balaban J connectivity index is 1.96. The number of nitrogens with zero attached hydrogens (tertiary/aromatic N) is 1. The van der Waals surface area contributed by atoms with Gasteiger partial charge in [-0.2, -0.15) is 0 Å². The quantitative estimate of drug-likeness (QED) is 0.717. The van der Waals surface area contributed by atoms with Crippen LogP contribution in [0.1, 0.15) is 45.4 Å². The van der Waals surface area contributed by atoms with E-state index in [2.05, 4.69) is 4.90 Å². The number of sulfone groups is 1. The largest absolute Gasteiger partial charge is 0.480 e. The number of hydrogen-bond acceptors (Lipinski definition) is 5. The van der Waals surface area contributed by atoms with Crippen LogP contribution in [0.3, 0.4) is 0 Å². The van der Waals surface area contributed by atoms with Gasteiger partial charge in [-0.05, 0) is 33.2 Å². The monoisotopic (exact) mass is 347 g/mol. The lowest BCUT2D eigenvalue weighted by molar-refractivity contribution is -0.177. The van der Waals surface area contributed by atoms with Crippen LogP contribution in [0, 0.1) is 5.41 Å². The van der Waals surface area contributed by atoms with Crippen molar-refractivity contribution in [2.45, 2.75) is 57.6 Å². The molecule has 0 amide bonds. The van der Waals surface area contributed by atoms with E-state index in [9.17, 15) is 13.2 Å². The standard InChI is InChI=1S/C16H29NO5S/c1-3-22-14-11-13(16(14)7-5-4-6-8-16)17(2)9-10-23(20,21)12-15(18)19/h13-14H,3-12H2,1-2H3,(H,18,19). The lowest BCUT2D eigenvalue weighted by Gasteiger charge is -2.60. The maximum atomic E-state index is 11.8. The molecule has 2 atom stereocenters. The molecule has 7 heteroatoms. The zero-order valence-corrected chi connectivity index (χ0v) is 15.0. The van der Waals surface area contributed by atoms with Crippen molar-refractivity contribution in [1.82, 2.24) is 4.90 Å². The van der Waals surface area contributed by atoms with Crippen molar-refractivity contribution < 1.29 is 23.1 Å². The highest BCUT2D eigenvalue weighted by Crippen LogP contribution is 2.55.